The molecule has 0 radical (unpaired) electrons. The lowest BCUT2D eigenvalue weighted by atomic mass is 10.1. The minimum atomic E-state index is -0.176. The summed E-state index contributed by atoms with van der Waals surface area (Å²) < 4.78 is 0. The summed E-state index contributed by atoms with van der Waals surface area (Å²) in [5.74, 6) is 0.806. The van der Waals surface area contributed by atoms with Crippen LogP contribution < -0.4 is 5.56 Å². The highest BCUT2D eigenvalue weighted by atomic mass is 35.5. The first-order chi connectivity index (χ1) is 8.22. The Morgan fingerprint density at radius 1 is 1.29 bits per heavy atom. The third-order valence-corrected chi connectivity index (χ3v) is 2.84. The van der Waals surface area contributed by atoms with Gasteiger partial charge in [-0.15, -0.1) is 11.6 Å². The van der Waals surface area contributed by atoms with Gasteiger partial charge in [-0.1, -0.05) is 31.2 Å². The van der Waals surface area contributed by atoms with E-state index < -0.39 is 0 Å². The summed E-state index contributed by atoms with van der Waals surface area (Å²) in [4.78, 5) is 18.4. The number of H-pyrrole nitrogens is 1. The molecule has 0 saturated heterocycles. The highest BCUT2D eigenvalue weighted by molar-refractivity contribution is 6.16. The van der Waals surface area contributed by atoms with Crippen LogP contribution in [0.25, 0.3) is 11.4 Å². The molecule has 0 aliphatic rings. The van der Waals surface area contributed by atoms with Crippen LogP contribution in [0.3, 0.4) is 0 Å². The van der Waals surface area contributed by atoms with Gasteiger partial charge in [0.2, 0.25) is 0 Å². The van der Waals surface area contributed by atoms with Gasteiger partial charge in [-0.2, -0.15) is 0 Å². The van der Waals surface area contributed by atoms with Crippen molar-refractivity contribution in [3.8, 4) is 11.4 Å². The lowest BCUT2D eigenvalue weighted by Gasteiger charge is -2.03. The lowest BCUT2D eigenvalue weighted by Crippen LogP contribution is -2.09. The number of aromatic nitrogens is 2. The SMILES string of the molecule is CCc1ccc(-c2nc(CCl)cc(=O)[nH]2)cc1. The lowest BCUT2D eigenvalue weighted by molar-refractivity contribution is 1.06. The number of aromatic amines is 1. The van der Waals surface area contributed by atoms with Gasteiger partial charge in [-0.25, -0.2) is 4.98 Å². The van der Waals surface area contributed by atoms with Crippen molar-refractivity contribution >= 4 is 11.6 Å². The van der Waals surface area contributed by atoms with E-state index in [1.54, 1.807) is 0 Å². The largest absolute Gasteiger partial charge is 0.307 e. The van der Waals surface area contributed by atoms with Gasteiger partial charge in [0.25, 0.3) is 5.56 Å². The molecule has 0 saturated carbocycles. The Balaban J connectivity index is 2.44. The zero-order chi connectivity index (χ0) is 12.3. The van der Waals surface area contributed by atoms with Crippen molar-refractivity contribution in [2.24, 2.45) is 0 Å². The predicted octanol–water partition coefficient (Wildman–Crippen LogP) is 2.74. The summed E-state index contributed by atoms with van der Waals surface area (Å²) in [6.07, 6.45) is 0.992. The molecule has 88 valence electrons. The van der Waals surface area contributed by atoms with E-state index in [0.29, 0.717) is 11.5 Å². The van der Waals surface area contributed by atoms with Crippen LogP contribution in [-0.2, 0) is 12.3 Å². The molecular formula is C13H13ClN2O. The first kappa shape index (κ1) is 11.9. The number of hydrogen-bond donors (Lipinski definition) is 1. The fraction of sp³-hybridized carbons (Fsp3) is 0.231. The molecule has 2 aromatic rings. The van der Waals surface area contributed by atoms with Crippen molar-refractivity contribution < 1.29 is 0 Å². The Labute approximate surface area is 104 Å². The van der Waals surface area contributed by atoms with Crippen molar-refractivity contribution in [2.45, 2.75) is 19.2 Å². The second kappa shape index (κ2) is 5.15. The first-order valence-electron chi connectivity index (χ1n) is 5.48. The third-order valence-electron chi connectivity index (χ3n) is 2.57. The number of hydrogen-bond acceptors (Lipinski definition) is 2. The summed E-state index contributed by atoms with van der Waals surface area (Å²) >= 11 is 5.69. The quantitative estimate of drug-likeness (QED) is 0.849. The van der Waals surface area contributed by atoms with E-state index in [0.717, 1.165) is 12.0 Å². The van der Waals surface area contributed by atoms with Crippen LogP contribution in [0, 0.1) is 0 Å². The van der Waals surface area contributed by atoms with Crippen LogP contribution in [0.2, 0.25) is 0 Å². The fourth-order valence-corrected chi connectivity index (χ4v) is 1.75. The van der Waals surface area contributed by atoms with Gasteiger partial charge < -0.3 is 4.98 Å². The smallest absolute Gasteiger partial charge is 0.251 e. The average molecular weight is 249 g/mol. The Bertz CT molecular complexity index is 560. The predicted molar refractivity (Wildman–Crippen MR) is 69.2 cm³/mol. The molecule has 1 heterocycles. The maximum absolute atomic E-state index is 11.4. The number of benzene rings is 1. The molecular weight excluding hydrogens is 236 g/mol. The van der Waals surface area contributed by atoms with Crippen molar-refractivity contribution in [3.05, 3.63) is 51.9 Å². The Hall–Kier alpha value is -1.61. The van der Waals surface area contributed by atoms with Crippen molar-refractivity contribution in [3.63, 3.8) is 0 Å². The molecule has 0 aliphatic carbocycles. The molecule has 0 fully saturated rings. The number of aryl methyl sites for hydroxylation is 1. The van der Waals surface area contributed by atoms with E-state index >= 15 is 0 Å². The van der Waals surface area contributed by atoms with Gasteiger partial charge >= 0.3 is 0 Å². The molecule has 3 nitrogen and oxygen atoms in total. The Morgan fingerprint density at radius 3 is 2.59 bits per heavy atom. The number of nitrogens with one attached hydrogen (secondary N) is 1. The van der Waals surface area contributed by atoms with Crippen LogP contribution >= 0.6 is 11.6 Å². The molecule has 0 bridgehead atoms. The molecule has 1 aromatic carbocycles. The van der Waals surface area contributed by atoms with E-state index in [4.69, 9.17) is 11.6 Å². The number of alkyl halides is 1. The molecule has 17 heavy (non-hydrogen) atoms. The van der Waals surface area contributed by atoms with E-state index in [1.165, 1.54) is 11.6 Å². The van der Waals surface area contributed by atoms with Crippen molar-refractivity contribution in [1.29, 1.82) is 0 Å². The summed E-state index contributed by atoms with van der Waals surface area (Å²) in [6, 6.07) is 9.38. The number of halogens is 1. The van der Waals surface area contributed by atoms with Gasteiger partial charge in [0.05, 0.1) is 11.6 Å². The van der Waals surface area contributed by atoms with Gasteiger partial charge in [0, 0.05) is 11.6 Å². The van der Waals surface area contributed by atoms with Crippen LogP contribution in [0.15, 0.2) is 35.1 Å². The molecule has 0 aliphatic heterocycles. The Kier molecular flexibility index (Phi) is 3.59. The molecule has 0 atom stereocenters. The van der Waals surface area contributed by atoms with Gasteiger partial charge in [0.15, 0.2) is 0 Å². The van der Waals surface area contributed by atoms with E-state index in [1.807, 2.05) is 24.3 Å². The molecule has 1 N–H and O–H groups in total. The van der Waals surface area contributed by atoms with Gasteiger partial charge in [0.1, 0.15) is 5.82 Å². The number of rotatable bonds is 3. The van der Waals surface area contributed by atoms with Crippen LogP contribution in [-0.4, -0.2) is 9.97 Å². The van der Waals surface area contributed by atoms with Crippen molar-refractivity contribution in [2.75, 3.05) is 0 Å². The topological polar surface area (TPSA) is 45.8 Å². The van der Waals surface area contributed by atoms with Crippen LogP contribution in [0.4, 0.5) is 0 Å². The standard InChI is InChI=1S/C13H13ClN2O/c1-2-9-3-5-10(6-4-9)13-15-11(8-14)7-12(17)16-13/h3-7H,2,8H2,1H3,(H,15,16,17). The minimum absolute atomic E-state index is 0.176. The Morgan fingerprint density at radius 2 is 2.00 bits per heavy atom. The van der Waals surface area contributed by atoms with Crippen LogP contribution in [0.5, 0.6) is 0 Å². The molecule has 0 amide bonds. The van der Waals surface area contributed by atoms with E-state index in [9.17, 15) is 4.79 Å². The first-order valence-corrected chi connectivity index (χ1v) is 6.02. The van der Waals surface area contributed by atoms with Crippen LogP contribution in [0.1, 0.15) is 18.2 Å². The normalized spacial score (nSPS) is 10.5. The molecule has 4 heteroatoms. The van der Waals surface area contributed by atoms with Gasteiger partial charge in [-0.05, 0) is 12.0 Å². The number of nitrogens with zero attached hydrogens (tertiary/aromatic N) is 1. The summed E-state index contributed by atoms with van der Waals surface area (Å²) in [5.41, 5.74) is 2.56. The molecule has 2 rings (SSSR count). The minimum Gasteiger partial charge on any atom is -0.307 e. The maximum Gasteiger partial charge on any atom is 0.251 e. The van der Waals surface area contributed by atoms with E-state index in [2.05, 4.69) is 16.9 Å². The van der Waals surface area contributed by atoms with Crippen molar-refractivity contribution in [1.82, 2.24) is 9.97 Å². The molecule has 0 unspecified atom stereocenters. The maximum atomic E-state index is 11.4. The highest BCUT2D eigenvalue weighted by Crippen LogP contribution is 2.15. The second-order valence-electron chi connectivity index (χ2n) is 3.77. The summed E-state index contributed by atoms with van der Waals surface area (Å²) in [6.45, 7) is 2.10. The monoisotopic (exact) mass is 248 g/mol. The molecule has 0 spiro atoms. The van der Waals surface area contributed by atoms with Gasteiger partial charge in [-0.3, -0.25) is 4.79 Å². The highest BCUT2D eigenvalue weighted by Gasteiger charge is 2.03. The zero-order valence-corrected chi connectivity index (χ0v) is 10.3. The fourth-order valence-electron chi connectivity index (χ4n) is 1.61. The summed E-state index contributed by atoms with van der Waals surface area (Å²) in [7, 11) is 0. The third kappa shape index (κ3) is 2.74. The average Bonchev–Trinajstić information content (AvgIpc) is 2.38. The van der Waals surface area contributed by atoms with E-state index in [-0.39, 0.29) is 11.4 Å². The molecule has 1 aromatic heterocycles. The second-order valence-corrected chi connectivity index (χ2v) is 4.04. The summed E-state index contributed by atoms with van der Waals surface area (Å²) in [5, 5.41) is 0. The zero-order valence-electron chi connectivity index (χ0n) is 9.53.